The van der Waals surface area contributed by atoms with Crippen molar-refractivity contribution in [3.05, 3.63) is 47.5 Å². The monoisotopic (exact) mass is 264 g/mol. The Bertz CT molecular complexity index is 834. The summed E-state index contributed by atoms with van der Waals surface area (Å²) in [6.07, 6.45) is 4.41. The van der Waals surface area contributed by atoms with Gasteiger partial charge in [0.15, 0.2) is 0 Å². The van der Waals surface area contributed by atoms with Gasteiger partial charge < -0.3 is 10.2 Å². The van der Waals surface area contributed by atoms with Crippen LogP contribution in [0.25, 0.3) is 21.5 Å². The van der Waals surface area contributed by atoms with Crippen molar-refractivity contribution in [2.45, 2.75) is 25.7 Å². The molecular weight excluding hydrogens is 248 g/mol. The van der Waals surface area contributed by atoms with Crippen molar-refractivity contribution in [2.24, 2.45) is 0 Å². The van der Waals surface area contributed by atoms with Crippen LogP contribution in [0.4, 0.5) is 0 Å². The Morgan fingerprint density at radius 2 is 1.40 bits per heavy atom. The Morgan fingerprint density at radius 1 is 0.700 bits per heavy atom. The number of fused-ring (bicyclic) bond motifs is 4. The molecule has 0 saturated heterocycles. The summed E-state index contributed by atoms with van der Waals surface area (Å²) in [6.45, 7) is 0. The SMILES string of the molecule is Oc1c2ccccc2c(O)c2c3c(ccc12)CCCC3. The third-order valence-corrected chi connectivity index (χ3v) is 4.46. The van der Waals surface area contributed by atoms with Gasteiger partial charge in [0.2, 0.25) is 0 Å². The van der Waals surface area contributed by atoms with Crippen molar-refractivity contribution < 1.29 is 10.2 Å². The van der Waals surface area contributed by atoms with Gasteiger partial charge in [0.05, 0.1) is 0 Å². The topological polar surface area (TPSA) is 40.5 Å². The zero-order chi connectivity index (χ0) is 13.7. The van der Waals surface area contributed by atoms with Gasteiger partial charge in [0, 0.05) is 21.5 Å². The molecule has 0 atom stereocenters. The van der Waals surface area contributed by atoms with E-state index < -0.39 is 0 Å². The molecule has 0 aliphatic heterocycles. The van der Waals surface area contributed by atoms with Crippen molar-refractivity contribution in [1.29, 1.82) is 0 Å². The van der Waals surface area contributed by atoms with Gasteiger partial charge in [0.25, 0.3) is 0 Å². The van der Waals surface area contributed by atoms with Crippen LogP contribution in [-0.4, -0.2) is 10.2 Å². The van der Waals surface area contributed by atoms with Crippen LogP contribution in [0.1, 0.15) is 24.0 Å². The van der Waals surface area contributed by atoms with E-state index in [2.05, 4.69) is 6.07 Å². The molecule has 2 nitrogen and oxygen atoms in total. The number of benzene rings is 3. The van der Waals surface area contributed by atoms with E-state index in [9.17, 15) is 10.2 Å². The number of aromatic hydroxyl groups is 2. The highest BCUT2D eigenvalue weighted by molar-refractivity contribution is 6.11. The molecule has 0 bridgehead atoms. The second-order valence-corrected chi connectivity index (χ2v) is 5.58. The molecule has 0 aromatic heterocycles. The molecule has 100 valence electrons. The zero-order valence-electron chi connectivity index (χ0n) is 11.2. The number of hydrogen-bond acceptors (Lipinski definition) is 2. The highest BCUT2D eigenvalue weighted by Crippen LogP contribution is 2.44. The van der Waals surface area contributed by atoms with Crippen molar-refractivity contribution >= 4 is 21.5 Å². The fraction of sp³-hybridized carbons (Fsp3) is 0.222. The second-order valence-electron chi connectivity index (χ2n) is 5.58. The zero-order valence-corrected chi connectivity index (χ0v) is 11.2. The van der Waals surface area contributed by atoms with Crippen LogP contribution in [0, 0.1) is 0 Å². The molecular formula is C18H16O2. The lowest BCUT2D eigenvalue weighted by molar-refractivity contribution is 0.478. The minimum Gasteiger partial charge on any atom is -0.507 e. The predicted molar refractivity (Wildman–Crippen MR) is 81.4 cm³/mol. The van der Waals surface area contributed by atoms with Crippen LogP contribution < -0.4 is 0 Å². The Morgan fingerprint density at radius 3 is 2.20 bits per heavy atom. The van der Waals surface area contributed by atoms with Gasteiger partial charge in [-0.05, 0) is 36.8 Å². The Kier molecular flexibility index (Phi) is 2.40. The van der Waals surface area contributed by atoms with Gasteiger partial charge in [-0.15, -0.1) is 0 Å². The Labute approximate surface area is 117 Å². The summed E-state index contributed by atoms with van der Waals surface area (Å²) in [5, 5.41) is 24.3. The maximum atomic E-state index is 10.7. The van der Waals surface area contributed by atoms with Crippen molar-refractivity contribution in [3.63, 3.8) is 0 Å². The van der Waals surface area contributed by atoms with E-state index in [0.717, 1.165) is 35.4 Å². The van der Waals surface area contributed by atoms with Crippen molar-refractivity contribution in [3.8, 4) is 11.5 Å². The van der Waals surface area contributed by atoms with Gasteiger partial charge in [-0.3, -0.25) is 0 Å². The van der Waals surface area contributed by atoms with Crippen molar-refractivity contribution in [2.75, 3.05) is 0 Å². The predicted octanol–water partition coefficient (Wildman–Crippen LogP) is 4.28. The summed E-state index contributed by atoms with van der Waals surface area (Å²) in [7, 11) is 0. The largest absolute Gasteiger partial charge is 0.507 e. The highest BCUT2D eigenvalue weighted by atomic mass is 16.3. The van der Waals surface area contributed by atoms with E-state index in [0.29, 0.717) is 11.1 Å². The molecule has 0 fully saturated rings. The van der Waals surface area contributed by atoms with Crippen LogP contribution in [0.2, 0.25) is 0 Å². The summed E-state index contributed by atoms with van der Waals surface area (Å²) < 4.78 is 0. The molecule has 20 heavy (non-hydrogen) atoms. The molecule has 2 N–H and O–H groups in total. The molecule has 0 radical (unpaired) electrons. The van der Waals surface area contributed by atoms with Crippen molar-refractivity contribution in [1.82, 2.24) is 0 Å². The first-order valence-corrected chi connectivity index (χ1v) is 7.14. The van der Waals surface area contributed by atoms with Gasteiger partial charge in [0.1, 0.15) is 11.5 Å². The van der Waals surface area contributed by atoms with Crippen LogP contribution in [0.15, 0.2) is 36.4 Å². The van der Waals surface area contributed by atoms with Gasteiger partial charge in [-0.2, -0.15) is 0 Å². The summed E-state index contributed by atoms with van der Waals surface area (Å²) >= 11 is 0. The quantitative estimate of drug-likeness (QED) is 0.470. The maximum absolute atomic E-state index is 10.7. The molecule has 1 aliphatic rings. The molecule has 0 unspecified atom stereocenters. The van der Waals surface area contributed by atoms with E-state index >= 15 is 0 Å². The lowest BCUT2D eigenvalue weighted by Crippen LogP contribution is -2.03. The van der Waals surface area contributed by atoms with E-state index in [4.69, 9.17) is 0 Å². The highest BCUT2D eigenvalue weighted by Gasteiger charge is 2.19. The standard InChI is InChI=1S/C18H16O2/c19-17-13-7-3-4-8-14(13)18(20)16-12-6-2-1-5-11(12)9-10-15(16)17/h3-4,7-10,19-20H,1-2,5-6H2. The average molecular weight is 264 g/mol. The van der Waals surface area contributed by atoms with Crippen LogP contribution in [0.3, 0.4) is 0 Å². The summed E-state index contributed by atoms with van der Waals surface area (Å²) in [4.78, 5) is 0. The number of phenolic OH excluding ortho intramolecular Hbond substituents is 2. The summed E-state index contributed by atoms with van der Waals surface area (Å²) in [6, 6.07) is 11.5. The summed E-state index contributed by atoms with van der Waals surface area (Å²) in [5.74, 6) is 0.592. The van der Waals surface area contributed by atoms with E-state index in [1.165, 1.54) is 17.5 Å². The lowest BCUT2D eigenvalue weighted by atomic mass is 9.86. The first-order chi connectivity index (χ1) is 9.77. The molecule has 0 amide bonds. The number of phenols is 2. The molecule has 3 aromatic rings. The molecule has 0 heterocycles. The fourth-order valence-corrected chi connectivity index (χ4v) is 3.47. The third-order valence-electron chi connectivity index (χ3n) is 4.46. The number of hydrogen-bond donors (Lipinski definition) is 2. The van der Waals surface area contributed by atoms with Gasteiger partial charge in [-0.1, -0.05) is 36.4 Å². The number of rotatable bonds is 0. The smallest absolute Gasteiger partial charge is 0.131 e. The van der Waals surface area contributed by atoms with E-state index in [1.54, 1.807) is 0 Å². The molecule has 4 rings (SSSR count). The fourth-order valence-electron chi connectivity index (χ4n) is 3.47. The second kappa shape index (κ2) is 4.14. The Hall–Kier alpha value is -2.22. The first kappa shape index (κ1) is 11.6. The maximum Gasteiger partial charge on any atom is 0.131 e. The van der Waals surface area contributed by atoms with Crippen LogP contribution in [0.5, 0.6) is 11.5 Å². The first-order valence-electron chi connectivity index (χ1n) is 7.14. The minimum absolute atomic E-state index is 0.279. The molecule has 0 spiro atoms. The summed E-state index contributed by atoms with van der Waals surface area (Å²) in [5.41, 5.74) is 2.53. The molecule has 3 aromatic carbocycles. The Balaban J connectivity index is 2.24. The van der Waals surface area contributed by atoms with Crippen LogP contribution >= 0.6 is 0 Å². The number of aryl methyl sites for hydroxylation is 2. The molecule has 2 heteroatoms. The van der Waals surface area contributed by atoms with E-state index in [-0.39, 0.29) is 5.75 Å². The van der Waals surface area contributed by atoms with Gasteiger partial charge >= 0.3 is 0 Å². The third kappa shape index (κ3) is 1.45. The lowest BCUT2D eigenvalue weighted by Gasteiger charge is -2.20. The van der Waals surface area contributed by atoms with E-state index in [1.807, 2.05) is 30.3 Å². The van der Waals surface area contributed by atoms with Crippen LogP contribution in [-0.2, 0) is 12.8 Å². The average Bonchev–Trinajstić information content (AvgIpc) is 2.51. The minimum atomic E-state index is 0.279. The molecule has 1 aliphatic carbocycles. The van der Waals surface area contributed by atoms with Gasteiger partial charge in [-0.25, -0.2) is 0 Å². The molecule has 0 saturated carbocycles. The normalized spacial score (nSPS) is 14.6.